The van der Waals surface area contributed by atoms with E-state index in [0.717, 1.165) is 41.8 Å². The Morgan fingerprint density at radius 1 is 1.45 bits per heavy atom. The van der Waals surface area contributed by atoms with E-state index in [2.05, 4.69) is 16.8 Å². The number of anilines is 1. The van der Waals surface area contributed by atoms with E-state index in [1.807, 2.05) is 13.0 Å². The molecule has 22 heavy (non-hydrogen) atoms. The first-order valence-corrected chi connectivity index (χ1v) is 7.43. The lowest BCUT2D eigenvalue weighted by Crippen LogP contribution is -2.31. The van der Waals surface area contributed by atoms with Crippen LogP contribution >= 0.6 is 0 Å². The van der Waals surface area contributed by atoms with Crippen LogP contribution in [-0.2, 0) is 0 Å². The number of aryl methyl sites for hydroxylation is 1. The van der Waals surface area contributed by atoms with Gasteiger partial charge in [-0.25, -0.2) is 0 Å². The summed E-state index contributed by atoms with van der Waals surface area (Å²) in [7, 11) is 0. The molecule has 0 amide bonds. The molecule has 2 N–H and O–H groups in total. The van der Waals surface area contributed by atoms with Crippen LogP contribution in [0.15, 0.2) is 24.3 Å². The number of benzene rings is 1. The minimum Gasteiger partial charge on any atom is -0.370 e. The SMILES string of the molecule is Cc1cc(N2CCC(C)(CN)C2)c2cc([N+](=O)[O-])ccc2n1. The maximum atomic E-state index is 11.0. The molecule has 1 aliphatic heterocycles. The largest absolute Gasteiger partial charge is 0.370 e. The van der Waals surface area contributed by atoms with Gasteiger partial charge in [0.25, 0.3) is 5.69 Å². The van der Waals surface area contributed by atoms with Crippen LogP contribution in [0.2, 0.25) is 0 Å². The summed E-state index contributed by atoms with van der Waals surface area (Å²) in [5.74, 6) is 0. The molecule has 2 heterocycles. The summed E-state index contributed by atoms with van der Waals surface area (Å²) in [6.45, 7) is 6.56. The zero-order chi connectivity index (χ0) is 15.9. The van der Waals surface area contributed by atoms with Crippen LogP contribution in [-0.4, -0.2) is 29.5 Å². The third-order valence-corrected chi connectivity index (χ3v) is 4.50. The average molecular weight is 300 g/mol. The van der Waals surface area contributed by atoms with Crippen LogP contribution in [0.3, 0.4) is 0 Å². The molecule has 6 nitrogen and oxygen atoms in total. The number of hydrogen-bond acceptors (Lipinski definition) is 5. The van der Waals surface area contributed by atoms with Gasteiger partial charge in [0.2, 0.25) is 0 Å². The number of nitro benzene ring substituents is 1. The molecule has 0 aliphatic carbocycles. The lowest BCUT2D eigenvalue weighted by molar-refractivity contribution is -0.384. The van der Waals surface area contributed by atoms with Gasteiger partial charge in [-0.05, 0) is 37.4 Å². The van der Waals surface area contributed by atoms with Crippen LogP contribution in [0, 0.1) is 22.5 Å². The Hall–Kier alpha value is -2.21. The summed E-state index contributed by atoms with van der Waals surface area (Å²) in [5.41, 5.74) is 8.81. The minimum atomic E-state index is -0.364. The number of hydrogen-bond donors (Lipinski definition) is 1. The van der Waals surface area contributed by atoms with Crippen molar-refractivity contribution in [3.63, 3.8) is 0 Å². The highest BCUT2D eigenvalue weighted by Gasteiger charge is 2.33. The monoisotopic (exact) mass is 300 g/mol. The summed E-state index contributed by atoms with van der Waals surface area (Å²) < 4.78 is 0. The van der Waals surface area contributed by atoms with Crippen molar-refractivity contribution in [2.75, 3.05) is 24.5 Å². The summed E-state index contributed by atoms with van der Waals surface area (Å²) in [5, 5.41) is 11.9. The van der Waals surface area contributed by atoms with E-state index in [4.69, 9.17) is 5.73 Å². The minimum absolute atomic E-state index is 0.0974. The van der Waals surface area contributed by atoms with Crippen molar-refractivity contribution in [1.82, 2.24) is 4.98 Å². The summed E-state index contributed by atoms with van der Waals surface area (Å²) in [4.78, 5) is 17.4. The fourth-order valence-electron chi connectivity index (χ4n) is 3.10. The number of fused-ring (bicyclic) bond motifs is 1. The molecule has 116 valence electrons. The summed E-state index contributed by atoms with van der Waals surface area (Å²) in [6, 6.07) is 6.86. The molecule has 2 aromatic rings. The van der Waals surface area contributed by atoms with Gasteiger partial charge in [-0.3, -0.25) is 15.1 Å². The Morgan fingerprint density at radius 2 is 2.23 bits per heavy atom. The number of nitro groups is 1. The zero-order valence-corrected chi connectivity index (χ0v) is 12.9. The van der Waals surface area contributed by atoms with Gasteiger partial charge in [-0.1, -0.05) is 6.92 Å². The van der Waals surface area contributed by atoms with Crippen molar-refractivity contribution in [2.45, 2.75) is 20.3 Å². The third-order valence-electron chi connectivity index (χ3n) is 4.50. The molecule has 1 aliphatic rings. The second-order valence-electron chi connectivity index (χ2n) is 6.43. The molecule has 0 radical (unpaired) electrons. The smallest absolute Gasteiger partial charge is 0.270 e. The molecule has 1 fully saturated rings. The Morgan fingerprint density at radius 3 is 2.86 bits per heavy atom. The second-order valence-corrected chi connectivity index (χ2v) is 6.43. The number of pyridine rings is 1. The molecule has 0 spiro atoms. The molecule has 3 rings (SSSR count). The zero-order valence-electron chi connectivity index (χ0n) is 12.9. The Balaban J connectivity index is 2.12. The van der Waals surface area contributed by atoms with Gasteiger partial charge in [-0.2, -0.15) is 0 Å². The van der Waals surface area contributed by atoms with Crippen LogP contribution in [0.5, 0.6) is 0 Å². The normalized spacial score (nSPS) is 21.5. The predicted octanol–water partition coefficient (Wildman–Crippen LogP) is 2.63. The Kier molecular flexibility index (Phi) is 3.48. The van der Waals surface area contributed by atoms with Crippen molar-refractivity contribution in [3.8, 4) is 0 Å². The lowest BCUT2D eigenvalue weighted by Gasteiger charge is -2.25. The van der Waals surface area contributed by atoms with Gasteiger partial charge in [0, 0.05) is 42.0 Å². The molecule has 1 saturated heterocycles. The maximum Gasteiger partial charge on any atom is 0.270 e. The van der Waals surface area contributed by atoms with Gasteiger partial charge in [0.05, 0.1) is 10.4 Å². The van der Waals surface area contributed by atoms with E-state index in [9.17, 15) is 10.1 Å². The van der Waals surface area contributed by atoms with Crippen LogP contribution in [0.1, 0.15) is 19.0 Å². The van der Waals surface area contributed by atoms with Crippen molar-refractivity contribution in [3.05, 3.63) is 40.1 Å². The Labute approximate surface area is 129 Å². The van der Waals surface area contributed by atoms with Crippen LogP contribution in [0.25, 0.3) is 10.9 Å². The summed E-state index contributed by atoms with van der Waals surface area (Å²) >= 11 is 0. The van der Waals surface area contributed by atoms with E-state index in [-0.39, 0.29) is 16.0 Å². The first kappa shape index (κ1) is 14.7. The molecular formula is C16H20N4O2. The second kappa shape index (κ2) is 5.21. The molecular weight excluding hydrogens is 280 g/mol. The lowest BCUT2D eigenvalue weighted by atomic mass is 9.90. The molecule has 1 atom stereocenters. The van der Waals surface area contributed by atoms with Crippen molar-refractivity contribution < 1.29 is 4.92 Å². The molecule has 1 unspecified atom stereocenters. The third kappa shape index (κ3) is 2.50. The molecule has 6 heteroatoms. The number of nitrogens with zero attached hydrogens (tertiary/aromatic N) is 3. The van der Waals surface area contributed by atoms with E-state index < -0.39 is 0 Å². The fraction of sp³-hybridized carbons (Fsp3) is 0.438. The van der Waals surface area contributed by atoms with Crippen LogP contribution < -0.4 is 10.6 Å². The van der Waals surface area contributed by atoms with E-state index in [0.29, 0.717) is 6.54 Å². The van der Waals surface area contributed by atoms with Crippen LogP contribution in [0.4, 0.5) is 11.4 Å². The highest BCUT2D eigenvalue weighted by Crippen LogP contribution is 2.36. The molecule has 1 aromatic carbocycles. The van der Waals surface area contributed by atoms with Crippen molar-refractivity contribution in [1.29, 1.82) is 0 Å². The number of nitrogens with two attached hydrogens (primary N) is 1. The Bertz CT molecular complexity index is 746. The highest BCUT2D eigenvalue weighted by atomic mass is 16.6. The van der Waals surface area contributed by atoms with Gasteiger partial charge >= 0.3 is 0 Å². The predicted molar refractivity (Wildman–Crippen MR) is 87.1 cm³/mol. The van der Waals surface area contributed by atoms with E-state index >= 15 is 0 Å². The number of rotatable bonds is 3. The van der Waals surface area contributed by atoms with Gasteiger partial charge in [-0.15, -0.1) is 0 Å². The van der Waals surface area contributed by atoms with E-state index in [1.165, 1.54) is 6.07 Å². The first-order valence-electron chi connectivity index (χ1n) is 7.43. The van der Waals surface area contributed by atoms with Crippen molar-refractivity contribution >= 4 is 22.3 Å². The summed E-state index contributed by atoms with van der Waals surface area (Å²) in [6.07, 6.45) is 1.03. The standard InChI is InChI=1S/C16H20N4O2/c1-11-7-15(19-6-5-16(2,9-17)10-19)13-8-12(20(21)22)3-4-14(13)18-11/h3-4,7-8H,5-6,9-10,17H2,1-2H3. The van der Waals surface area contributed by atoms with Crippen molar-refractivity contribution in [2.24, 2.45) is 11.1 Å². The topological polar surface area (TPSA) is 85.3 Å². The van der Waals surface area contributed by atoms with Gasteiger partial charge < -0.3 is 10.6 Å². The fourth-order valence-corrected chi connectivity index (χ4v) is 3.10. The quantitative estimate of drug-likeness (QED) is 0.695. The molecule has 0 saturated carbocycles. The highest BCUT2D eigenvalue weighted by molar-refractivity contribution is 5.93. The number of aromatic nitrogens is 1. The van der Waals surface area contributed by atoms with Gasteiger partial charge in [0.1, 0.15) is 0 Å². The first-order chi connectivity index (χ1) is 10.4. The maximum absolute atomic E-state index is 11.0. The average Bonchev–Trinajstić information content (AvgIpc) is 2.89. The number of non-ortho nitro benzene ring substituents is 1. The van der Waals surface area contributed by atoms with Gasteiger partial charge in [0.15, 0.2) is 0 Å². The molecule has 0 bridgehead atoms. The van der Waals surface area contributed by atoms with E-state index in [1.54, 1.807) is 12.1 Å². The molecule has 1 aromatic heterocycles.